The van der Waals surface area contributed by atoms with Crippen molar-refractivity contribution in [1.29, 1.82) is 0 Å². The highest BCUT2D eigenvalue weighted by Crippen LogP contribution is 2.26. The lowest BCUT2D eigenvalue weighted by Crippen LogP contribution is -2.52. The lowest BCUT2D eigenvalue weighted by atomic mass is 9.95. The van der Waals surface area contributed by atoms with Gasteiger partial charge >= 0.3 is 12.0 Å². The van der Waals surface area contributed by atoms with Gasteiger partial charge in [-0.2, -0.15) is 0 Å². The largest absolute Gasteiger partial charge is 0.480 e. The molecule has 2 rings (SSSR count). The number of piperidine rings is 1. The Bertz CT molecular complexity index is 357. The Hall–Kier alpha value is -1.26. The summed E-state index contributed by atoms with van der Waals surface area (Å²) in [6.45, 7) is 6.49. The highest BCUT2D eigenvalue weighted by atomic mass is 16.4. The van der Waals surface area contributed by atoms with Crippen LogP contribution in [0.3, 0.4) is 0 Å². The van der Waals surface area contributed by atoms with E-state index in [1.54, 1.807) is 4.90 Å². The fraction of sp³-hybridized carbons (Fsp3) is 0.857. The molecule has 0 spiro atoms. The van der Waals surface area contributed by atoms with Crippen molar-refractivity contribution in [3.63, 3.8) is 0 Å². The molecule has 0 aromatic carbocycles. The smallest absolute Gasteiger partial charge is 0.326 e. The zero-order chi connectivity index (χ0) is 14.0. The first kappa shape index (κ1) is 14.2. The van der Waals surface area contributed by atoms with Crippen LogP contribution in [-0.2, 0) is 4.79 Å². The molecule has 0 aromatic rings. The van der Waals surface area contributed by atoms with Gasteiger partial charge in [-0.05, 0) is 37.5 Å². The second-order valence-electron chi connectivity index (χ2n) is 6.06. The van der Waals surface area contributed by atoms with Gasteiger partial charge < -0.3 is 14.9 Å². The molecule has 0 radical (unpaired) electrons. The Morgan fingerprint density at radius 2 is 1.89 bits per heavy atom. The van der Waals surface area contributed by atoms with Crippen LogP contribution in [0.4, 0.5) is 4.79 Å². The van der Waals surface area contributed by atoms with Crippen LogP contribution in [0.15, 0.2) is 0 Å². The molecule has 0 bridgehead atoms. The molecule has 2 unspecified atom stereocenters. The van der Waals surface area contributed by atoms with E-state index in [0.29, 0.717) is 24.8 Å². The standard InChI is InChI=1S/C14H24N2O3/c1-10(2)11-6-8-15(9-11)14(19)16-7-4-3-5-12(16)13(17)18/h10-12H,3-9H2,1-2H3,(H,17,18). The van der Waals surface area contributed by atoms with Gasteiger partial charge in [0.2, 0.25) is 0 Å². The van der Waals surface area contributed by atoms with Gasteiger partial charge in [-0.15, -0.1) is 0 Å². The maximum absolute atomic E-state index is 12.5. The number of amides is 2. The van der Waals surface area contributed by atoms with E-state index >= 15 is 0 Å². The Morgan fingerprint density at radius 1 is 1.16 bits per heavy atom. The van der Waals surface area contributed by atoms with Crippen LogP contribution < -0.4 is 0 Å². The van der Waals surface area contributed by atoms with Crippen molar-refractivity contribution < 1.29 is 14.7 Å². The first-order valence-electron chi connectivity index (χ1n) is 7.29. The molecule has 0 saturated carbocycles. The SMILES string of the molecule is CC(C)C1CCN(C(=O)N2CCCCC2C(=O)O)C1. The quantitative estimate of drug-likeness (QED) is 0.833. The van der Waals surface area contributed by atoms with E-state index in [9.17, 15) is 14.7 Å². The van der Waals surface area contributed by atoms with Gasteiger partial charge in [-0.25, -0.2) is 9.59 Å². The summed E-state index contributed by atoms with van der Waals surface area (Å²) in [7, 11) is 0. The summed E-state index contributed by atoms with van der Waals surface area (Å²) >= 11 is 0. The summed E-state index contributed by atoms with van der Waals surface area (Å²) in [5.41, 5.74) is 0. The minimum Gasteiger partial charge on any atom is -0.480 e. The fourth-order valence-electron chi connectivity index (χ4n) is 3.10. The molecule has 2 heterocycles. The number of nitrogens with zero attached hydrogens (tertiary/aromatic N) is 2. The van der Waals surface area contributed by atoms with Crippen molar-refractivity contribution in [2.75, 3.05) is 19.6 Å². The fourth-order valence-corrected chi connectivity index (χ4v) is 3.10. The average molecular weight is 268 g/mol. The number of hydrogen-bond donors (Lipinski definition) is 1. The van der Waals surface area contributed by atoms with Gasteiger partial charge in [-0.1, -0.05) is 13.8 Å². The number of likely N-dealkylation sites (tertiary alicyclic amines) is 2. The zero-order valence-corrected chi connectivity index (χ0v) is 11.8. The predicted molar refractivity (Wildman–Crippen MR) is 71.9 cm³/mol. The monoisotopic (exact) mass is 268 g/mol. The molecule has 108 valence electrons. The molecule has 2 fully saturated rings. The van der Waals surface area contributed by atoms with Gasteiger partial charge in [0.05, 0.1) is 0 Å². The van der Waals surface area contributed by atoms with Crippen molar-refractivity contribution >= 4 is 12.0 Å². The van der Waals surface area contributed by atoms with Crippen molar-refractivity contribution in [3.05, 3.63) is 0 Å². The molecule has 2 aliphatic rings. The van der Waals surface area contributed by atoms with Gasteiger partial charge in [0.25, 0.3) is 0 Å². The Balaban J connectivity index is 2.00. The van der Waals surface area contributed by atoms with Crippen molar-refractivity contribution in [2.24, 2.45) is 11.8 Å². The number of aliphatic carboxylic acids is 1. The molecule has 5 nitrogen and oxygen atoms in total. The molecule has 5 heteroatoms. The van der Waals surface area contributed by atoms with Crippen LogP contribution in [0.2, 0.25) is 0 Å². The first-order valence-corrected chi connectivity index (χ1v) is 7.29. The maximum atomic E-state index is 12.5. The van der Waals surface area contributed by atoms with Gasteiger partial charge in [-0.3, -0.25) is 0 Å². The highest BCUT2D eigenvalue weighted by Gasteiger charge is 2.37. The highest BCUT2D eigenvalue weighted by molar-refractivity contribution is 5.83. The molecule has 1 N–H and O–H groups in total. The van der Waals surface area contributed by atoms with Gasteiger partial charge in [0, 0.05) is 19.6 Å². The average Bonchev–Trinajstić information content (AvgIpc) is 2.87. The third-order valence-electron chi connectivity index (χ3n) is 4.47. The molecule has 0 aliphatic carbocycles. The molecule has 19 heavy (non-hydrogen) atoms. The minimum atomic E-state index is -0.868. The predicted octanol–water partition coefficient (Wildman–Crippen LogP) is 2.02. The summed E-state index contributed by atoms with van der Waals surface area (Å²) in [6, 6.07) is -0.699. The number of carboxylic acid groups (broad SMARTS) is 1. The molecule has 2 atom stereocenters. The second-order valence-corrected chi connectivity index (χ2v) is 6.06. The van der Waals surface area contributed by atoms with Gasteiger partial charge in [0.1, 0.15) is 6.04 Å². The zero-order valence-electron chi connectivity index (χ0n) is 11.8. The summed E-state index contributed by atoms with van der Waals surface area (Å²) in [4.78, 5) is 27.1. The number of rotatable bonds is 2. The lowest BCUT2D eigenvalue weighted by molar-refractivity contribution is -0.143. The van der Waals surface area contributed by atoms with E-state index < -0.39 is 12.0 Å². The van der Waals surface area contributed by atoms with E-state index in [2.05, 4.69) is 13.8 Å². The van der Waals surface area contributed by atoms with E-state index in [1.165, 1.54) is 0 Å². The lowest BCUT2D eigenvalue weighted by Gasteiger charge is -2.35. The Kier molecular flexibility index (Phi) is 4.32. The molecular weight excluding hydrogens is 244 g/mol. The molecule has 2 aliphatic heterocycles. The maximum Gasteiger partial charge on any atom is 0.326 e. The third kappa shape index (κ3) is 3.01. The minimum absolute atomic E-state index is 0.0738. The number of carboxylic acids is 1. The van der Waals surface area contributed by atoms with E-state index in [0.717, 1.165) is 32.4 Å². The van der Waals surface area contributed by atoms with E-state index in [1.807, 2.05) is 4.90 Å². The number of hydrogen-bond acceptors (Lipinski definition) is 2. The summed E-state index contributed by atoms with van der Waals surface area (Å²) < 4.78 is 0. The van der Waals surface area contributed by atoms with Crippen LogP contribution >= 0.6 is 0 Å². The Labute approximate surface area is 114 Å². The van der Waals surface area contributed by atoms with Crippen molar-refractivity contribution in [2.45, 2.75) is 45.6 Å². The summed E-state index contributed by atoms with van der Waals surface area (Å²) in [5, 5.41) is 9.23. The first-order chi connectivity index (χ1) is 9.00. The topological polar surface area (TPSA) is 60.9 Å². The van der Waals surface area contributed by atoms with Crippen LogP contribution in [0, 0.1) is 11.8 Å². The van der Waals surface area contributed by atoms with Gasteiger partial charge in [0.15, 0.2) is 0 Å². The molecule has 2 saturated heterocycles. The number of urea groups is 1. The summed E-state index contributed by atoms with van der Waals surface area (Å²) in [6.07, 6.45) is 3.43. The number of carbonyl (C=O) groups excluding carboxylic acids is 1. The van der Waals surface area contributed by atoms with Crippen LogP contribution in [0.1, 0.15) is 39.5 Å². The molecule has 2 amide bonds. The van der Waals surface area contributed by atoms with E-state index in [-0.39, 0.29) is 6.03 Å². The Morgan fingerprint density at radius 3 is 2.47 bits per heavy atom. The summed E-state index contributed by atoms with van der Waals surface area (Å²) in [5.74, 6) is 0.263. The molecular formula is C14H24N2O3. The molecule has 0 aromatic heterocycles. The van der Waals surface area contributed by atoms with Crippen molar-refractivity contribution in [3.8, 4) is 0 Å². The second kappa shape index (κ2) is 5.80. The normalized spacial score (nSPS) is 27.9. The van der Waals surface area contributed by atoms with Crippen LogP contribution in [0.5, 0.6) is 0 Å². The van der Waals surface area contributed by atoms with Crippen LogP contribution in [-0.4, -0.2) is 52.6 Å². The third-order valence-corrected chi connectivity index (χ3v) is 4.47. The van der Waals surface area contributed by atoms with E-state index in [4.69, 9.17) is 0 Å². The van der Waals surface area contributed by atoms with Crippen LogP contribution in [0.25, 0.3) is 0 Å². The number of carbonyl (C=O) groups is 2. The van der Waals surface area contributed by atoms with Crippen molar-refractivity contribution in [1.82, 2.24) is 9.80 Å².